The molecule has 2 atom stereocenters. The SMILES string of the molecule is COc1ccc(C2Sc3cc(Cl)ccc3N(CCN(C)C)C(=O)C2OC=O)cc1. The zero-order chi connectivity index (χ0) is 21.0. The van der Waals surface area contributed by atoms with E-state index in [1.54, 1.807) is 18.1 Å². The van der Waals surface area contributed by atoms with Crippen molar-refractivity contribution in [3.8, 4) is 5.75 Å². The van der Waals surface area contributed by atoms with E-state index in [0.29, 0.717) is 30.3 Å². The molecule has 2 unspecified atom stereocenters. The van der Waals surface area contributed by atoms with Gasteiger partial charge in [-0.25, -0.2) is 0 Å². The molecule has 3 rings (SSSR count). The average Bonchev–Trinajstić information content (AvgIpc) is 2.81. The number of likely N-dealkylation sites (N-methyl/N-ethyl adjacent to an activating group) is 1. The zero-order valence-corrected chi connectivity index (χ0v) is 18.1. The smallest absolute Gasteiger partial charge is 0.293 e. The van der Waals surface area contributed by atoms with Crippen LogP contribution in [0.5, 0.6) is 5.75 Å². The van der Waals surface area contributed by atoms with Crippen LogP contribution in [0.4, 0.5) is 5.69 Å². The summed E-state index contributed by atoms with van der Waals surface area (Å²) < 4.78 is 10.6. The Morgan fingerprint density at radius 2 is 1.93 bits per heavy atom. The number of fused-ring (bicyclic) bond motifs is 1. The van der Waals surface area contributed by atoms with Crippen molar-refractivity contribution in [3.05, 3.63) is 53.1 Å². The molecule has 0 spiro atoms. The van der Waals surface area contributed by atoms with Crippen LogP contribution in [0.25, 0.3) is 0 Å². The van der Waals surface area contributed by atoms with E-state index in [2.05, 4.69) is 0 Å². The average molecular weight is 435 g/mol. The molecule has 1 heterocycles. The second-order valence-electron chi connectivity index (χ2n) is 6.87. The number of halogens is 1. The summed E-state index contributed by atoms with van der Waals surface area (Å²) in [5.41, 5.74) is 1.62. The zero-order valence-electron chi connectivity index (χ0n) is 16.5. The van der Waals surface area contributed by atoms with E-state index in [1.165, 1.54) is 11.8 Å². The predicted molar refractivity (Wildman–Crippen MR) is 115 cm³/mol. The summed E-state index contributed by atoms with van der Waals surface area (Å²) in [4.78, 5) is 29.2. The molecule has 1 aliphatic rings. The molecule has 0 saturated carbocycles. The van der Waals surface area contributed by atoms with Crippen molar-refractivity contribution in [2.75, 3.05) is 39.2 Å². The van der Waals surface area contributed by atoms with Gasteiger partial charge in [-0.15, -0.1) is 11.8 Å². The van der Waals surface area contributed by atoms with Gasteiger partial charge in [0.1, 0.15) is 5.75 Å². The van der Waals surface area contributed by atoms with Crippen molar-refractivity contribution in [3.63, 3.8) is 0 Å². The summed E-state index contributed by atoms with van der Waals surface area (Å²) in [5, 5.41) is 0.166. The van der Waals surface area contributed by atoms with Gasteiger partial charge in [-0.2, -0.15) is 0 Å². The Hall–Kier alpha value is -2.22. The Bertz CT molecular complexity index is 875. The second kappa shape index (κ2) is 9.52. The number of carbonyl (C=O) groups is 2. The molecular weight excluding hydrogens is 412 g/mol. The summed E-state index contributed by atoms with van der Waals surface area (Å²) in [6.07, 6.45) is -0.959. The molecule has 0 N–H and O–H groups in total. The fourth-order valence-electron chi connectivity index (χ4n) is 3.16. The molecule has 0 aromatic heterocycles. The molecule has 0 saturated heterocycles. The molecule has 6 nitrogen and oxygen atoms in total. The highest BCUT2D eigenvalue weighted by Gasteiger charge is 2.40. The Balaban J connectivity index is 2.07. The third-order valence-electron chi connectivity index (χ3n) is 4.67. The van der Waals surface area contributed by atoms with Crippen LogP contribution in [-0.4, -0.2) is 57.7 Å². The van der Waals surface area contributed by atoms with Gasteiger partial charge in [-0.05, 0) is 50.0 Å². The number of thioether (sulfide) groups is 1. The molecule has 2 aromatic carbocycles. The van der Waals surface area contributed by atoms with Gasteiger partial charge in [0, 0.05) is 23.0 Å². The highest BCUT2D eigenvalue weighted by molar-refractivity contribution is 7.99. The number of anilines is 1. The van der Waals surface area contributed by atoms with Gasteiger partial charge < -0.3 is 19.3 Å². The molecule has 0 fully saturated rings. The maximum Gasteiger partial charge on any atom is 0.293 e. The minimum Gasteiger partial charge on any atom is -0.497 e. The minimum atomic E-state index is -0.959. The summed E-state index contributed by atoms with van der Waals surface area (Å²) in [7, 11) is 5.48. The van der Waals surface area contributed by atoms with Gasteiger partial charge in [-0.3, -0.25) is 9.59 Å². The predicted octanol–water partition coefficient (Wildman–Crippen LogP) is 3.63. The van der Waals surface area contributed by atoms with E-state index in [9.17, 15) is 9.59 Å². The summed E-state index contributed by atoms with van der Waals surface area (Å²) >= 11 is 7.71. The molecule has 0 bridgehead atoms. The lowest BCUT2D eigenvalue weighted by Crippen LogP contribution is -2.44. The fourth-order valence-corrected chi connectivity index (χ4v) is 4.76. The number of hydrogen-bond acceptors (Lipinski definition) is 6. The van der Waals surface area contributed by atoms with Crippen LogP contribution >= 0.6 is 23.4 Å². The Morgan fingerprint density at radius 3 is 2.55 bits per heavy atom. The van der Waals surface area contributed by atoms with Crippen molar-refractivity contribution < 1.29 is 19.1 Å². The van der Waals surface area contributed by atoms with Gasteiger partial charge >= 0.3 is 0 Å². The van der Waals surface area contributed by atoms with Crippen LogP contribution in [0.2, 0.25) is 5.02 Å². The number of carbonyl (C=O) groups excluding carboxylic acids is 2. The number of hydrogen-bond donors (Lipinski definition) is 0. The Labute approximate surface area is 179 Å². The second-order valence-corrected chi connectivity index (χ2v) is 8.49. The number of benzene rings is 2. The van der Waals surface area contributed by atoms with Gasteiger partial charge in [0.15, 0.2) is 6.10 Å². The first-order valence-corrected chi connectivity index (χ1v) is 10.4. The van der Waals surface area contributed by atoms with E-state index in [4.69, 9.17) is 21.1 Å². The number of methoxy groups -OCH3 is 1. The van der Waals surface area contributed by atoms with Crippen LogP contribution < -0.4 is 9.64 Å². The van der Waals surface area contributed by atoms with Crippen LogP contribution in [0.1, 0.15) is 10.8 Å². The number of amides is 1. The number of ether oxygens (including phenoxy) is 2. The molecule has 0 radical (unpaired) electrons. The number of nitrogens with zero attached hydrogens (tertiary/aromatic N) is 2. The first-order valence-electron chi connectivity index (χ1n) is 9.10. The van der Waals surface area contributed by atoms with E-state index in [1.807, 2.05) is 55.4 Å². The summed E-state index contributed by atoms with van der Waals surface area (Å²) in [6, 6.07) is 12.9. The third kappa shape index (κ3) is 4.86. The fraction of sp³-hybridized carbons (Fsp3) is 0.333. The highest BCUT2D eigenvalue weighted by Crippen LogP contribution is 2.47. The molecule has 2 aromatic rings. The first-order chi connectivity index (χ1) is 13.9. The maximum atomic E-state index is 13.5. The van der Waals surface area contributed by atoms with Crippen LogP contribution in [-0.2, 0) is 14.3 Å². The molecule has 29 heavy (non-hydrogen) atoms. The van der Waals surface area contributed by atoms with Gasteiger partial charge in [-0.1, -0.05) is 23.7 Å². The maximum absolute atomic E-state index is 13.5. The van der Waals surface area contributed by atoms with Crippen molar-refractivity contribution in [1.82, 2.24) is 4.90 Å². The summed E-state index contributed by atoms with van der Waals surface area (Å²) in [6.45, 7) is 1.47. The monoisotopic (exact) mass is 434 g/mol. The standard InChI is InChI=1S/C21H23ClN2O4S/c1-23(2)10-11-24-17-9-6-15(22)12-18(17)29-20(19(21(24)26)28-13-25)14-4-7-16(27-3)8-5-14/h4-9,12-13,19-20H,10-11H2,1-3H3. The van der Waals surface area contributed by atoms with Gasteiger partial charge in [0.25, 0.3) is 12.4 Å². The largest absolute Gasteiger partial charge is 0.497 e. The van der Waals surface area contributed by atoms with E-state index in [0.717, 1.165) is 16.1 Å². The van der Waals surface area contributed by atoms with Crippen LogP contribution in [0.15, 0.2) is 47.4 Å². The van der Waals surface area contributed by atoms with Gasteiger partial charge in [0.2, 0.25) is 0 Å². The first kappa shape index (κ1) is 21.5. The minimum absolute atomic E-state index is 0.256. The van der Waals surface area contributed by atoms with Crippen molar-refractivity contribution in [2.45, 2.75) is 16.2 Å². The lowest BCUT2D eigenvalue weighted by atomic mass is 10.1. The van der Waals surface area contributed by atoms with Crippen molar-refractivity contribution >= 4 is 41.4 Å². The summed E-state index contributed by atoms with van der Waals surface area (Å²) in [5.74, 6) is 0.455. The molecular formula is C21H23ClN2O4S. The van der Waals surface area contributed by atoms with Crippen molar-refractivity contribution in [2.24, 2.45) is 0 Å². The van der Waals surface area contributed by atoms with Crippen LogP contribution in [0.3, 0.4) is 0 Å². The Kier molecular flexibility index (Phi) is 7.05. The van der Waals surface area contributed by atoms with E-state index < -0.39 is 11.4 Å². The molecule has 1 amide bonds. The molecule has 8 heteroatoms. The van der Waals surface area contributed by atoms with Crippen molar-refractivity contribution in [1.29, 1.82) is 0 Å². The number of rotatable bonds is 7. The lowest BCUT2D eigenvalue weighted by Gasteiger charge is -2.27. The van der Waals surface area contributed by atoms with Gasteiger partial charge in [0.05, 0.1) is 18.0 Å². The molecule has 154 valence electrons. The normalized spacial score (nSPS) is 18.9. The highest BCUT2D eigenvalue weighted by atomic mass is 35.5. The lowest BCUT2D eigenvalue weighted by molar-refractivity contribution is -0.143. The molecule has 0 aliphatic carbocycles. The topological polar surface area (TPSA) is 59.1 Å². The third-order valence-corrected chi connectivity index (χ3v) is 6.26. The molecule has 1 aliphatic heterocycles. The quantitative estimate of drug-likeness (QED) is 0.620. The van der Waals surface area contributed by atoms with Crippen LogP contribution in [0, 0.1) is 0 Å². The van der Waals surface area contributed by atoms with E-state index >= 15 is 0 Å². The van der Waals surface area contributed by atoms with E-state index in [-0.39, 0.29) is 5.91 Å². The Morgan fingerprint density at radius 1 is 1.21 bits per heavy atom.